The molecule has 0 amide bonds. The van der Waals surface area contributed by atoms with Gasteiger partial charge in [-0.05, 0) is 35.0 Å². The number of nitriles is 1. The Morgan fingerprint density at radius 3 is 2.35 bits per heavy atom. The van der Waals surface area contributed by atoms with Crippen molar-refractivity contribution in [2.24, 2.45) is 0 Å². The molecule has 0 aliphatic rings. The van der Waals surface area contributed by atoms with Crippen LogP contribution >= 0.6 is 0 Å². The molecule has 0 bridgehead atoms. The van der Waals surface area contributed by atoms with Crippen molar-refractivity contribution in [2.45, 2.75) is 0 Å². The highest BCUT2D eigenvalue weighted by Crippen LogP contribution is 2.28. The van der Waals surface area contributed by atoms with Gasteiger partial charge in [0.15, 0.2) is 0 Å². The molecule has 0 aromatic heterocycles. The first-order valence-electron chi connectivity index (χ1n) is 5.41. The molecule has 0 atom stereocenters. The molecular weight excluding hydrogens is 208 g/mol. The van der Waals surface area contributed by atoms with Crippen molar-refractivity contribution >= 4 is 27.2 Å². The fraction of sp³-hybridized carbons (Fsp3) is 0. The maximum atomic E-state index is 9.10. The Balaban J connectivity index is 2.54. The molecule has 3 rings (SSSR count). The molecule has 17 heavy (non-hydrogen) atoms. The molecule has 0 saturated heterocycles. The second kappa shape index (κ2) is 3.50. The van der Waals surface area contributed by atoms with Gasteiger partial charge in [-0.2, -0.15) is 5.26 Å². The average Bonchev–Trinajstić information content (AvgIpc) is 2.36. The first kappa shape index (κ1) is 9.68. The lowest BCUT2D eigenvalue weighted by Gasteiger charge is -2.05. The molecule has 0 heterocycles. The Bertz CT molecular complexity index is 767. The van der Waals surface area contributed by atoms with Crippen LogP contribution in [0.2, 0.25) is 0 Å². The van der Waals surface area contributed by atoms with Gasteiger partial charge in [-0.15, -0.1) is 0 Å². The summed E-state index contributed by atoms with van der Waals surface area (Å²) >= 11 is 0. The molecule has 0 saturated carbocycles. The first-order chi connectivity index (χ1) is 8.29. The van der Waals surface area contributed by atoms with Crippen LogP contribution in [0.4, 0.5) is 5.69 Å². The highest BCUT2D eigenvalue weighted by molar-refractivity contribution is 6.04. The number of hydrogen-bond donors (Lipinski definition) is 1. The van der Waals surface area contributed by atoms with E-state index < -0.39 is 0 Å². The van der Waals surface area contributed by atoms with Gasteiger partial charge in [0.2, 0.25) is 0 Å². The third-order valence-corrected chi connectivity index (χ3v) is 3.03. The van der Waals surface area contributed by atoms with Crippen molar-refractivity contribution in [1.29, 1.82) is 5.26 Å². The van der Waals surface area contributed by atoms with Crippen LogP contribution in [0.15, 0.2) is 48.5 Å². The number of rotatable bonds is 0. The van der Waals surface area contributed by atoms with Crippen LogP contribution in [-0.2, 0) is 0 Å². The summed E-state index contributed by atoms with van der Waals surface area (Å²) in [5.41, 5.74) is 7.39. The fourth-order valence-corrected chi connectivity index (χ4v) is 2.17. The molecule has 2 nitrogen and oxygen atoms in total. The lowest BCUT2D eigenvalue weighted by molar-refractivity contribution is 1.50. The molecule has 0 aliphatic carbocycles. The van der Waals surface area contributed by atoms with E-state index >= 15 is 0 Å². The summed E-state index contributed by atoms with van der Waals surface area (Å²) in [7, 11) is 0. The van der Waals surface area contributed by atoms with Crippen LogP contribution in [0.1, 0.15) is 5.56 Å². The number of anilines is 1. The topological polar surface area (TPSA) is 49.8 Å². The summed E-state index contributed by atoms with van der Waals surface area (Å²) in [6.45, 7) is 0. The van der Waals surface area contributed by atoms with Crippen molar-refractivity contribution in [2.75, 3.05) is 5.73 Å². The number of hydrogen-bond acceptors (Lipinski definition) is 2. The van der Waals surface area contributed by atoms with Crippen LogP contribution in [0, 0.1) is 11.3 Å². The highest BCUT2D eigenvalue weighted by Gasteiger charge is 2.04. The summed E-state index contributed by atoms with van der Waals surface area (Å²) in [4.78, 5) is 0. The van der Waals surface area contributed by atoms with E-state index in [0.717, 1.165) is 27.2 Å². The summed E-state index contributed by atoms with van der Waals surface area (Å²) in [5, 5.41) is 13.2. The zero-order valence-electron chi connectivity index (χ0n) is 9.14. The van der Waals surface area contributed by atoms with Gasteiger partial charge in [0, 0.05) is 16.5 Å². The van der Waals surface area contributed by atoms with Crippen LogP contribution < -0.4 is 5.73 Å². The lowest BCUT2D eigenvalue weighted by Crippen LogP contribution is -1.87. The normalized spacial score (nSPS) is 10.5. The van der Waals surface area contributed by atoms with E-state index in [9.17, 15) is 0 Å². The molecule has 0 aliphatic heterocycles. The van der Waals surface area contributed by atoms with Gasteiger partial charge in [-0.25, -0.2) is 0 Å². The summed E-state index contributed by atoms with van der Waals surface area (Å²) in [6.07, 6.45) is 0. The molecule has 0 fully saturated rings. The highest BCUT2D eigenvalue weighted by atomic mass is 14.5. The Labute approximate surface area is 98.9 Å². The largest absolute Gasteiger partial charge is 0.398 e. The number of benzene rings is 3. The molecule has 2 heteroatoms. The molecule has 0 unspecified atom stereocenters. The fourth-order valence-electron chi connectivity index (χ4n) is 2.17. The standard InChI is InChI=1S/C15H10N2/c16-9-12-5-1-3-10-7-11-4-2-6-15(17)14(11)8-13(10)12/h1-8H,17H2. The van der Waals surface area contributed by atoms with Crippen molar-refractivity contribution in [3.8, 4) is 6.07 Å². The monoisotopic (exact) mass is 218 g/mol. The van der Waals surface area contributed by atoms with E-state index in [2.05, 4.69) is 12.1 Å². The minimum atomic E-state index is 0.688. The van der Waals surface area contributed by atoms with E-state index in [-0.39, 0.29) is 0 Å². The first-order valence-corrected chi connectivity index (χ1v) is 5.41. The van der Waals surface area contributed by atoms with E-state index in [1.54, 1.807) is 0 Å². The molecule has 0 radical (unpaired) electrons. The van der Waals surface area contributed by atoms with Gasteiger partial charge in [0.05, 0.1) is 11.6 Å². The maximum Gasteiger partial charge on any atom is 0.0998 e. The van der Waals surface area contributed by atoms with Crippen LogP contribution in [0.5, 0.6) is 0 Å². The van der Waals surface area contributed by atoms with E-state index in [1.165, 1.54) is 0 Å². The van der Waals surface area contributed by atoms with Crippen molar-refractivity contribution in [3.63, 3.8) is 0 Å². The molecule has 2 N–H and O–H groups in total. The van der Waals surface area contributed by atoms with Gasteiger partial charge < -0.3 is 5.73 Å². The van der Waals surface area contributed by atoms with Crippen molar-refractivity contribution < 1.29 is 0 Å². The molecular formula is C15H10N2. The van der Waals surface area contributed by atoms with Crippen LogP contribution in [-0.4, -0.2) is 0 Å². The van der Waals surface area contributed by atoms with Gasteiger partial charge >= 0.3 is 0 Å². The Kier molecular flexibility index (Phi) is 1.99. The van der Waals surface area contributed by atoms with Gasteiger partial charge in [-0.3, -0.25) is 0 Å². The minimum Gasteiger partial charge on any atom is -0.398 e. The summed E-state index contributed by atoms with van der Waals surface area (Å²) in [6, 6.07) is 17.9. The number of nitrogen functional groups attached to an aromatic ring is 1. The van der Waals surface area contributed by atoms with E-state index in [1.807, 2.05) is 42.5 Å². The third-order valence-electron chi connectivity index (χ3n) is 3.03. The predicted molar refractivity (Wildman–Crippen MR) is 70.6 cm³/mol. The van der Waals surface area contributed by atoms with Crippen molar-refractivity contribution in [1.82, 2.24) is 0 Å². The maximum absolute atomic E-state index is 9.10. The SMILES string of the molecule is N#Cc1cccc2cc3cccc(N)c3cc12. The van der Waals surface area contributed by atoms with Gasteiger partial charge in [0.25, 0.3) is 0 Å². The van der Waals surface area contributed by atoms with Crippen LogP contribution in [0.25, 0.3) is 21.5 Å². The molecule has 80 valence electrons. The third kappa shape index (κ3) is 1.41. The zero-order valence-corrected chi connectivity index (χ0v) is 9.14. The second-order valence-electron chi connectivity index (χ2n) is 4.06. The quantitative estimate of drug-likeness (QED) is 0.464. The average molecular weight is 218 g/mol. The summed E-state index contributed by atoms with van der Waals surface area (Å²) < 4.78 is 0. The number of fused-ring (bicyclic) bond motifs is 2. The lowest BCUT2D eigenvalue weighted by atomic mass is 9.99. The molecule has 0 spiro atoms. The van der Waals surface area contributed by atoms with Gasteiger partial charge in [-0.1, -0.05) is 24.3 Å². The number of nitrogens with zero attached hydrogens (tertiary/aromatic N) is 1. The summed E-state index contributed by atoms with van der Waals surface area (Å²) in [5.74, 6) is 0. The Morgan fingerprint density at radius 2 is 1.59 bits per heavy atom. The zero-order chi connectivity index (χ0) is 11.8. The van der Waals surface area contributed by atoms with Crippen LogP contribution in [0.3, 0.4) is 0 Å². The predicted octanol–water partition coefficient (Wildman–Crippen LogP) is 3.45. The van der Waals surface area contributed by atoms with Crippen molar-refractivity contribution in [3.05, 3.63) is 54.1 Å². The smallest absolute Gasteiger partial charge is 0.0998 e. The van der Waals surface area contributed by atoms with E-state index in [4.69, 9.17) is 11.0 Å². The number of nitrogens with two attached hydrogens (primary N) is 1. The molecule has 3 aromatic carbocycles. The second-order valence-corrected chi connectivity index (χ2v) is 4.06. The van der Waals surface area contributed by atoms with E-state index in [0.29, 0.717) is 5.56 Å². The molecule has 3 aromatic rings. The van der Waals surface area contributed by atoms with Gasteiger partial charge in [0.1, 0.15) is 0 Å². The Hall–Kier alpha value is -2.53. The minimum absolute atomic E-state index is 0.688. The Morgan fingerprint density at radius 1 is 0.882 bits per heavy atom.